The van der Waals surface area contributed by atoms with Gasteiger partial charge in [0.05, 0.1) is 6.33 Å². The number of benzene rings is 1. The Morgan fingerprint density at radius 1 is 1.18 bits per heavy atom. The molecule has 1 aliphatic rings. The zero-order valence-corrected chi connectivity index (χ0v) is 20.7. The molecule has 0 amide bonds. The number of nitrogens with two attached hydrogens (primary N) is 2. The van der Waals surface area contributed by atoms with Crippen LogP contribution >= 0.6 is 0 Å². The minimum absolute atomic E-state index is 0.203. The molecular formula is C25H32N8O5. The van der Waals surface area contributed by atoms with E-state index in [1.54, 1.807) is 0 Å². The summed E-state index contributed by atoms with van der Waals surface area (Å²) in [5.74, 6) is -0.862. The predicted octanol–water partition coefficient (Wildman–Crippen LogP) is 0.246. The Bertz CT molecular complexity index is 1410. The number of carbonyl (C=O) groups is 1. The molecule has 5 rings (SSSR count). The van der Waals surface area contributed by atoms with E-state index in [1.807, 2.05) is 29.3 Å². The van der Waals surface area contributed by atoms with Crippen molar-refractivity contribution in [3.8, 4) is 0 Å². The Balaban J connectivity index is 1.27. The highest BCUT2D eigenvalue weighted by Gasteiger charge is 2.44. The van der Waals surface area contributed by atoms with Gasteiger partial charge in [0.2, 0.25) is 0 Å². The molecule has 202 valence electrons. The number of carboxylic acids is 1. The molecule has 0 saturated carbocycles. The molecule has 38 heavy (non-hydrogen) atoms. The molecule has 0 radical (unpaired) electrons. The van der Waals surface area contributed by atoms with Gasteiger partial charge in [-0.25, -0.2) is 15.0 Å². The fourth-order valence-electron chi connectivity index (χ4n) is 4.99. The summed E-state index contributed by atoms with van der Waals surface area (Å²) >= 11 is 0. The first kappa shape index (κ1) is 26.0. The number of nitrogens with zero attached hydrogens (tertiary/aromatic N) is 5. The van der Waals surface area contributed by atoms with Gasteiger partial charge in [0.25, 0.3) is 0 Å². The summed E-state index contributed by atoms with van der Waals surface area (Å²) in [6, 6.07) is 7.10. The third-order valence-electron chi connectivity index (χ3n) is 7.11. The lowest BCUT2D eigenvalue weighted by Gasteiger charge is -2.27. The number of aliphatic hydroxyl groups is 2. The molecule has 0 unspecified atom stereocenters. The number of carboxylic acid groups (broad SMARTS) is 1. The van der Waals surface area contributed by atoms with Crippen LogP contribution in [0.3, 0.4) is 0 Å². The number of hydrogen-bond acceptors (Lipinski definition) is 10. The fourth-order valence-corrected chi connectivity index (χ4v) is 4.99. The standard InChI is InChI=1S/C25H32N8O5/c26-16(25(36)37)7-9-32(8-3-4-14-10-28-17-6-2-1-5-15(14)17)11-18-20(34)21(35)24(38-18)33-13-31-19-22(27)29-12-30-23(19)33/h1-2,5-6,10,12-13,16,18,20-21,24,28,34-35H,3-4,7-9,11,26H2,(H,36,37)(H2,27,29,30)/t16-,18+,20+,21+,24+/m0/s1. The van der Waals surface area contributed by atoms with Crippen LogP contribution in [0.2, 0.25) is 0 Å². The molecule has 13 nitrogen and oxygen atoms in total. The Morgan fingerprint density at radius 2 is 2.00 bits per heavy atom. The van der Waals surface area contributed by atoms with E-state index >= 15 is 0 Å². The number of para-hydroxylation sites is 1. The number of fused-ring (bicyclic) bond motifs is 2. The van der Waals surface area contributed by atoms with Gasteiger partial charge in [-0.3, -0.25) is 9.36 Å². The summed E-state index contributed by atoms with van der Waals surface area (Å²) in [5.41, 5.74) is 14.7. The van der Waals surface area contributed by atoms with E-state index in [9.17, 15) is 20.1 Å². The van der Waals surface area contributed by atoms with Gasteiger partial charge in [-0.15, -0.1) is 0 Å². The second-order valence-electron chi connectivity index (χ2n) is 9.63. The fraction of sp³-hybridized carbons (Fsp3) is 0.440. The molecule has 0 aliphatic carbocycles. The molecule has 4 aromatic rings. The van der Waals surface area contributed by atoms with Gasteiger partial charge in [0.15, 0.2) is 17.7 Å². The average Bonchev–Trinajstić information content (AvgIpc) is 3.60. The quantitative estimate of drug-likeness (QED) is 0.157. The van der Waals surface area contributed by atoms with Crippen molar-refractivity contribution < 1.29 is 24.9 Å². The predicted molar refractivity (Wildman–Crippen MR) is 139 cm³/mol. The molecule has 1 aromatic carbocycles. The van der Waals surface area contributed by atoms with E-state index in [-0.39, 0.29) is 18.8 Å². The van der Waals surface area contributed by atoms with E-state index in [2.05, 4.69) is 26.0 Å². The lowest BCUT2D eigenvalue weighted by atomic mass is 10.1. The van der Waals surface area contributed by atoms with Crippen molar-refractivity contribution >= 4 is 33.9 Å². The normalized spacial score (nSPS) is 22.5. The van der Waals surface area contributed by atoms with Crippen LogP contribution in [-0.2, 0) is 16.0 Å². The van der Waals surface area contributed by atoms with Crippen molar-refractivity contribution in [1.29, 1.82) is 0 Å². The van der Waals surface area contributed by atoms with Gasteiger partial charge in [-0.05, 0) is 37.4 Å². The summed E-state index contributed by atoms with van der Waals surface area (Å²) in [6.07, 6.45) is 2.52. The smallest absolute Gasteiger partial charge is 0.320 e. The van der Waals surface area contributed by atoms with Crippen molar-refractivity contribution in [1.82, 2.24) is 29.4 Å². The van der Waals surface area contributed by atoms with Crippen LogP contribution in [0.5, 0.6) is 0 Å². The van der Waals surface area contributed by atoms with Crippen LogP contribution < -0.4 is 11.5 Å². The first-order valence-electron chi connectivity index (χ1n) is 12.5. The van der Waals surface area contributed by atoms with E-state index in [0.717, 1.165) is 18.4 Å². The van der Waals surface area contributed by atoms with Crippen LogP contribution in [0.25, 0.3) is 22.1 Å². The lowest BCUT2D eigenvalue weighted by molar-refractivity contribution is -0.138. The maximum Gasteiger partial charge on any atom is 0.320 e. The maximum absolute atomic E-state index is 11.3. The van der Waals surface area contributed by atoms with Gasteiger partial charge in [-0.2, -0.15) is 0 Å². The monoisotopic (exact) mass is 524 g/mol. The molecule has 0 bridgehead atoms. The first-order chi connectivity index (χ1) is 18.3. The van der Waals surface area contributed by atoms with Crippen LogP contribution in [0.15, 0.2) is 43.1 Å². The number of aromatic amines is 1. The first-order valence-corrected chi connectivity index (χ1v) is 12.5. The number of imidazole rings is 1. The topological polar surface area (TPSA) is 202 Å². The number of nitrogen functional groups attached to an aromatic ring is 1. The highest BCUT2D eigenvalue weighted by Crippen LogP contribution is 2.32. The highest BCUT2D eigenvalue weighted by atomic mass is 16.6. The lowest BCUT2D eigenvalue weighted by Crippen LogP contribution is -2.43. The summed E-state index contributed by atoms with van der Waals surface area (Å²) in [4.78, 5) is 28.9. The summed E-state index contributed by atoms with van der Waals surface area (Å²) in [5, 5.41) is 32.1. The van der Waals surface area contributed by atoms with Gasteiger partial charge >= 0.3 is 5.97 Å². The summed E-state index contributed by atoms with van der Waals surface area (Å²) in [7, 11) is 0. The Morgan fingerprint density at radius 3 is 2.82 bits per heavy atom. The number of aliphatic carboxylic acids is 1. The number of H-pyrrole nitrogens is 1. The van der Waals surface area contributed by atoms with Crippen molar-refractivity contribution in [2.45, 2.75) is 49.8 Å². The molecule has 0 spiro atoms. The number of aliphatic hydroxyl groups excluding tert-OH is 2. The molecule has 5 atom stereocenters. The Kier molecular flexibility index (Phi) is 7.53. The number of anilines is 1. The number of ether oxygens (including phenoxy) is 1. The maximum atomic E-state index is 11.3. The van der Waals surface area contributed by atoms with E-state index in [0.29, 0.717) is 24.3 Å². The summed E-state index contributed by atoms with van der Waals surface area (Å²) in [6.45, 7) is 1.29. The van der Waals surface area contributed by atoms with Crippen molar-refractivity contribution in [2.75, 3.05) is 25.4 Å². The minimum atomic E-state index is -1.23. The molecule has 13 heteroatoms. The number of aryl methyl sites for hydroxylation is 1. The zero-order chi connectivity index (χ0) is 26.8. The third-order valence-corrected chi connectivity index (χ3v) is 7.11. The minimum Gasteiger partial charge on any atom is -0.480 e. The molecule has 8 N–H and O–H groups in total. The van der Waals surface area contributed by atoms with Crippen LogP contribution in [-0.4, -0.2) is 94.7 Å². The van der Waals surface area contributed by atoms with E-state index in [4.69, 9.17) is 16.2 Å². The highest BCUT2D eigenvalue weighted by molar-refractivity contribution is 5.83. The molecule has 1 saturated heterocycles. The average molecular weight is 525 g/mol. The number of hydrogen-bond donors (Lipinski definition) is 6. The van der Waals surface area contributed by atoms with Crippen LogP contribution in [0.1, 0.15) is 24.6 Å². The Hall–Kier alpha value is -3.62. The molecule has 1 aliphatic heterocycles. The molecular weight excluding hydrogens is 492 g/mol. The van der Waals surface area contributed by atoms with Crippen molar-refractivity contribution in [2.24, 2.45) is 5.73 Å². The van der Waals surface area contributed by atoms with Crippen molar-refractivity contribution in [3.63, 3.8) is 0 Å². The zero-order valence-electron chi connectivity index (χ0n) is 20.7. The Labute approximate surface area is 218 Å². The third kappa shape index (κ3) is 5.19. The van der Waals surface area contributed by atoms with Gasteiger partial charge in [0.1, 0.15) is 36.2 Å². The molecule has 1 fully saturated rings. The SMILES string of the molecule is Nc1ncnc2c1ncn2[C@@H]1O[C@H](CN(CCCc2c[nH]c3ccccc23)CC[C@H](N)C(=O)O)[C@@H](O)[C@H]1O. The second-order valence-corrected chi connectivity index (χ2v) is 9.63. The van der Waals surface area contributed by atoms with Crippen molar-refractivity contribution in [3.05, 3.63) is 48.7 Å². The van der Waals surface area contributed by atoms with Gasteiger partial charge in [0, 0.05) is 30.2 Å². The van der Waals surface area contributed by atoms with Gasteiger partial charge in [-0.1, -0.05) is 18.2 Å². The second kappa shape index (κ2) is 11.0. The van der Waals surface area contributed by atoms with E-state index in [1.165, 1.54) is 28.2 Å². The van der Waals surface area contributed by atoms with Gasteiger partial charge < -0.3 is 41.4 Å². The number of rotatable bonds is 11. The van der Waals surface area contributed by atoms with E-state index < -0.39 is 36.6 Å². The number of aromatic nitrogens is 5. The largest absolute Gasteiger partial charge is 0.480 e. The molecule has 4 heterocycles. The van der Waals surface area contributed by atoms with Crippen LogP contribution in [0, 0.1) is 0 Å². The van der Waals surface area contributed by atoms with Crippen LogP contribution in [0.4, 0.5) is 5.82 Å². The number of nitrogens with one attached hydrogen (secondary N) is 1. The summed E-state index contributed by atoms with van der Waals surface area (Å²) < 4.78 is 7.63. The molecule has 3 aromatic heterocycles.